The average molecular weight is 356 g/mol. The van der Waals surface area contributed by atoms with Crippen molar-refractivity contribution in [1.29, 1.82) is 0 Å². The van der Waals surface area contributed by atoms with Crippen LogP contribution in [-0.2, 0) is 9.53 Å². The molecule has 0 spiro atoms. The maximum Gasteiger partial charge on any atom is 0.273 e. The number of amides is 1. The normalized spacial score (nSPS) is 12.0. The number of nitrogens with one attached hydrogen (secondary N) is 1. The highest BCUT2D eigenvalue weighted by molar-refractivity contribution is 5.85. The van der Waals surface area contributed by atoms with Crippen molar-refractivity contribution in [2.24, 2.45) is 5.10 Å². The number of carbonyl (C=O) groups excluding carboxylic acids is 1. The van der Waals surface area contributed by atoms with Gasteiger partial charge < -0.3 is 14.2 Å². The van der Waals surface area contributed by atoms with Gasteiger partial charge in [-0.15, -0.1) is 0 Å². The van der Waals surface area contributed by atoms with Gasteiger partial charge in [0.1, 0.15) is 0 Å². The van der Waals surface area contributed by atoms with Crippen LogP contribution in [0.25, 0.3) is 0 Å². The molecule has 0 fully saturated rings. The fraction of sp³-hybridized carbons (Fsp3) is 0.300. The zero-order chi connectivity index (χ0) is 18.8. The van der Waals surface area contributed by atoms with Crippen LogP contribution in [0.1, 0.15) is 31.1 Å². The quantitative estimate of drug-likeness (QED) is 0.553. The number of rotatable bonds is 9. The van der Waals surface area contributed by atoms with Crippen LogP contribution in [0.3, 0.4) is 0 Å². The summed E-state index contributed by atoms with van der Waals surface area (Å²) >= 11 is 0. The van der Waals surface area contributed by atoms with Crippen LogP contribution in [0.5, 0.6) is 11.5 Å². The zero-order valence-corrected chi connectivity index (χ0v) is 15.3. The molecule has 1 atom stereocenters. The van der Waals surface area contributed by atoms with E-state index in [0.717, 1.165) is 11.1 Å². The highest BCUT2D eigenvalue weighted by atomic mass is 16.5. The molecule has 0 bridgehead atoms. The van der Waals surface area contributed by atoms with E-state index in [1.807, 2.05) is 62.4 Å². The van der Waals surface area contributed by atoms with Crippen LogP contribution in [0.2, 0.25) is 0 Å². The van der Waals surface area contributed by atoms with E-state index < -0.39 is 6.10 Å². The van der Waals surface area contributed by atoms with Gasteiger partial charge in [-0.1, -0.05) is 30.3 Å². The molecule has 26 heavy (non-hydrogen) atoms. The zero-order valence-electron chi connectivity index (χ0n) is 15.3. The summed E-state index contributed by atoms with van der Waals surface area (Å²) in [5.74, 6) is 0.980. The Morgan fingerprint density at radius 1 is 1.08 bits per heavy atom. The summed E-state index contributed by atoms with van der Waals surface area (Å²) in [6.45, 7) is 4.91. The third kappa shape index (κ3) is 5.32. The summed E-state index contributed by atoms with van der Waals surface area (Å²) < 4.78 is 16.4. The second kappa shape index (κ2) is 10.2. The first-order valence-corrected chi connectivity index (χ1v) is 8.49. The molecule has 0 saturated carbocycles. The number of hydrogen-bond acceptors (Lipinski definition) is 5. The Labute approximate surface area is 153 Å². The molecule has 2 aromatic rings. The largest absolute Gasteiger partial charge is 0.490 e. The molecule has 1 amide bonds. The Morgan fingerprint density at radius 3 is 2.42 bits per heavy atom. The minimum absolute atomic E-state index is 0.342. The van der Waals surface area contributed by atoms with Crippen molar-refractivity contribution in [2.45, 2.75) is 20.0 Å². The molecule has 0 heterocycles. The lowest BCUT2D eigenvalue weighted by Crippen LogP contribution is -2.26. The molecule has 0 aliphatic rings. The summed E-state index contributed by atoms with van der Waals surface area (Å²) in [4.78, 5) is 12.3. The molecule has 1 N–H and O–H groups in total. The third-order valence-corrected chi connectivity index (χ3v) is 3.53. The van der Waals surface area contributed by atoms with E-state index in [1.165, 1.54) is 7.11 Å². The topological polar surface area (TPSA) is 69.2 Å². The first-order valence-electron chi connectivity index (χ1n) is 8.49. The van der Waals surface area contributed by atoms with Crippen molar-refractivity contribution in [3.05, 3.63) is 59.7 Å². The number of nitrogens with zero attached hydrogens (tertiary/aromatic N) is 1. The fourth-order valence-electron chi connectivity index (χ4n) is 2.40. The fourth-order valence-corrected chi connectivity index (χ4v) is 2.40. The van der Waals surface area contributed by atoms with Crippen molar-refractivity contribution >= 4 is 12.1 Å². The van der Waals surface area contributed by atoms with Gasteiger partial charge in [0.05, 0.1) is 19.4 Å². The minimum Gasteiger partial charge on any atom is -0.490 e. The van der Waals surface area contributed by atoms with Crippen molar-refractivity contribution in [3.8, 4) is 11.5 Å². The Morgan fingerprint density at radius 2 is 1.77 bits per heavy atom. The van der Waals surface area contributed by atoms with Gasteiger partial charge in [-0.05, 0) is 43.2 Å². The van der Waals surface area contributed by atoms with Gasteiger partial charge in [-0.3, -0.25) is 4.79 Å². The van der Waals surface area contributed by atoms with Crippen molar-refractivity contribution in [2.75, 3.05) is 20.3 Å². The monoisotopic (exact) mass is 356 g/mol. The van der Waals surface area contributed by atoms with E-state index in [-0.39, 0.29) is 5.91 Å². The van der Waals surface area contributed by atoms with Crippen LogP contribution in [0, 0.1) is 0 Å². The number of ether oxygens (including phenoxy) is 3. The Bertz CT molecular complexity index is 732. The maximum absolute atomic E-state index is 12.3. The van der Waals surface area contributed by atoms with E-state index in [2.05, 4.69) is 10.5 Å². The lowest BCUT2D eigenvalue weighted by atomic mass is 10.1. The van der Waals surface area contributed by atoms with E-state index in [4.69, 9.17) is 14.2 Å². The number of hydrogen-bond donors (Lipinski definition) is 1. The van der Waals surface area contributed by atoms with Crippen molar-refractivity contribution in [1.82, 2.24) is 5.43 Å². The van der Waals surface area contributed by atoms with Gasteiger partial charge >= 0.3 is 0 Å². The lowest BCUT2D eigenvalue weighted by molar-refractivity contribution is -0.131. The second-order valence-corrected chi connectivity index (χ2v) is 5.33. The van der Waals surface area contributed by atoms with Crippen molar-refractivity contribution < 1.29 is 19.0 Å². The molecule has 2 aromatic carbocycles. The van der Waals surface area contributed by atoms with Crippen LogP contribution in [0.4, 0.5) is 0 Å². The number of hydrazone groups is 1. The smallest absolute Gasteiger partial charge is 0.273 e. The molecule has 0 aliphatic heterocycles. The molecule has 0 radical (unpaired) electrons. The van der Waals surface area contributed by atoms with Crippen LogP contribution in [0.15, 0.2) is 53.6 Å². The standard InChI is InChI=1S/C20H24N2O4/c1-4-25-17-12-11-15(13-18(17)26-5-2)14-21-22-20(23)19(24-3)16-9-7-6-8-10-16/h6-14,19H,4-5H2,1-3H3,(H,22,23)/b21-14-/t19-/m1/s1. The van der Waals surface area contributed by atoms with Crippen molar-refractivity contribution in [3.63, 3.8) is 0 Å². The first-order chi connectivity index (χ1) is 12.7. The number of carbonyl (C=O) groups is 1. The summed E-state index contributed by atoms with van der Waals surface area (Å²) in [6.07, 6.45) is 0.834. The van der Waals surface area contributed by atoms with E-state index in [1.54, 1.807) is 6.21 Å². The number of methoxy groups -OCH3 is 1. The lowest BCUT2D eigenvalue weighted by Gasteiger charge is -2.13. The summed E-state index contributed by atoms with van der Waals surface area (Å²) in [5, 5.41) is 4.01. The highest BCUT2D eigenvalue weighted by Crippen LogP contribution is 2.28. The molecule has 6 nitrogen and oxygen atoms in total. The average Bonchev–Trinajstić information content (AvgIpc) is 2.65. The Hall–Kier alpha value is -2.86. The third-order valence-electron chi connectivity index (χ3n) is 3.53. The predicted octanol–water partition coefficient (Wildman–Crippen LogP) is 3.32. The summed E-state index contributed by atoms with van der Waals surface area (Å²) in [6, 6.07) is 14.7. The molecule has 0 unspecified atom stereocenters. The Kier molecular flexibility index (Phi) is 7.64. The van der Waals surface area contributed by atoms with Gasteiger partial charge in [0, 0.05) is 7.11 Å². The SMILES string of the molecule is CCOc1ccc(/C=N\NC(=O)[C@H](OC)c2ccccc2)cc1OCC. The summed E-state index contributed by atoms with van der Waals surface area (Å²) in [5.41, 5.74) is 4.05. The Balaban J connectivity index is 2.05. The van der Waals surface area contributed by atoms with Gasteiger partial charge in [0.25, 0.3) is 5.91 Å². The minimum atomic E-state index is -0.715. The van der Waals surface area contributed by atoms with Crippen LogP contribution >= 0.6 is 0 Å². The van der Waals surface area contributed by atoms with E-state index >= 15 is 0 Å². The molecular weight excluding hydrogens is 332 g/mol. The molecular formula is C20H24N2O4. The second-order valence-electron chi connectivity index (χ2n) is 5.33. The molecule has 0 aromatic heterocycles. The van der Waals surface area contributed by atoms with Crippen LogP contribution < -0.4 is 14.9 Å². The molecule has 138 valence electrons. The van der Waals surface area contributed by atoms with Gasteiger partial charge in [-0.2, -0.15) is 5.10 Å². The van der Waals surface area contributed by atoms with E-state index in [9.17, 15) is 4.79 Å². The molecule has 2 rings (SSSR count). The highest BCUT2D eigenvalue weighted by Gasteiger charge is 2.19. The van der Waals surface area contributed by atoms with E-state index in [0.29, 0.717) is 24.7 Å². The summed E-state index contributed by atoms with van der Waals surface area (Å²) in [7, 11) is 1.49. The van der Waals surface area contributed by atoms with Gasteiger partial charge in [-0.25, -0.2) is 5.43 Å². The molecule has 0 saturated heterocycles. The maximum atomic E-state index is 12.3. The predicted molar refractivity (Wildman–Crippen MR) is 101 cm³/mol. The van der Waals surface area contributed by atoms with Crippen LogP contribution in [-0.4, -0.2) is 32.4 Å². The molecule has 0 aliphatic carbocycles. The number of benzene rings is 2. The molecule has 6 heteroatoms. The van der Waals surface area contributed by atoms with Gasteiger partial charge in [0.2, 0.25) is 0 Å². The van der Waals surface area contributed by atoms with Gasteiger partial charge in [0.15, 0.2) is 17.6 Å². The first kappa shape index (κ1) is 19.5.